The van der Waals surface area contributed by atoms with E-state index in [1.165, 1.54) is 6.08 Å². The van der Waals surface area contributed by atoms with Crippen LogP contribution in [-0.4, -0.2) is 12.3 Å². The van der Waals surface area contributed by atoms with Gasteiger partial charge >= 0.3 is 6.18 Å². The van der Waals surface area contributed by atoms with E-state index in [1.54, 1.807) is 6.92 Å². The third kappa shape index (κ3) is 1.92. The first-order chi connectivity index (χ1) is 7.38. The zero-order valence-corrected chi connectivity index (χ0v) is 8.93. The summed E-state index contributed by atoms with van der Waals surface area (Å²) < 4.78 is 42.4. The Morgan fingerprint density at radius 3 is 2.50 bits per heavy atom. The quantitative estimate of drug-likeness (QED) is 0.658. The molecule has 1 aliphatic heterocycles. The van der Waals surface area contributed by atoms with Crippen LogP contribution in [0.25, 0.3) is 6.08 Å². The number of aryl methyl sites for hydroxylation is 2. The van der Waals surface area contributed by atoms with Gasteiger partial charge in [-0.15, -0.1) is 0 Å². The average molecular weight is 228 g/mol. The zero-order chi connectivity index (χ0) is 11.9. The lowest BCUT2D eigenvalue weighted by atomic mass is 10.0. The Morgan fingerprint density at radius 1 is 1.19 bits per heavy atom. The minimum absolute atomic E-state index is 0.329. The van der Waals surface area contributed by atoms with Gasteiger partial charge in [0, 0.05) is 5.56 Å². The maximum atomic E-state index is 12.5. The first-order valence-corrected chi connectivity index (χ1v) is 4.91. The summed E-state index contributed by atoms with van der Waals surface area (Å²) in [4.78, 5) is 0. The van der Waals surface area contributed by atoms with Crippen LogP contribution in [0, 0.1) is 13.8 Å². The molecule has 0 spiro atoms. The lowest BCUT2D eigenvalue weighted by Gasteiger charge is -2.25. The first kappa shape index (κ1) is 11.0. The minimum atomic E-state index is -4.36. The summed E-state index contributed by atoms with van der Waals surface area (Å²) in [7, 11) is 0. The number of hydrogen-bond acceptors (Lipinski definition) is 1. The van der Waals surface area contributed by atoms with Gasteiger partial charge in [0.2, 0.25) is 6.10 Å². The Morgan fingerprint density at radius 2 is 1.88 bits per heavy atom. The molecule has 1 atom stereocenters. The molecule has 0 unspecified atom stereocenters. The molecule has 1 nitrogen and oxygen atoms in total. The number of halogens is 3. The van der Waals surface area contributed by atoms with Crippen molar-refractivity contribution in [3.63, 3.8) is 0 Å². The second kappa shape index (κ2) is 3.54. The van der Waals surface area contributed by atoms with Crippen LogP contribution < -0.4 is 4.74 Å². The molecule has 0 aromatic heterocycles. The highest BCUT2D eigenvalue weighted by molar-refractivity contribution is 5.63. The monoisotopic (exact) mass is 228 g/mol. The van der Waals surface area contributed by atoms with Crippen LogP contribution in [0.3, 0.4) is 0 Å². The number of fused-ring (bicyclic) bond motifs is 1. The fraction of sp³-hybridized carbons (Fsp3) is 0.333. The molecule has 0 saturated carbocycles. The van der Waals surface area contributed by atoms with E-state index in [9.17, 15) is 13.2 Å². The normalized spacial score (nSPS) is 19.2. The summed E-state index contributed by atoms with van der Waals surface area (Å²) in [6.45, 7) is 3.65. The van der Waals surface area contributed by atoms with Crippen molar-refractivity contribution >= 4 is 6.08 Å². The Bertz CT molecular complexity index is 446. The Kier molecular flexibility index (Phi) is 2.45. The smallest absolute Gasteiger partial charge is 0.429 e. The molecule has 0 radical (unpaired) electrons. The molecular weight excluding hydrogens is 217 g/mol. The molecule has 1 heterocycles. The van der Waals surface area contributed by atoms with Gasteiger partial charge in [0.1, 0.15) is 5.75 Å². The molecule has 0 N–H and O–H groups in total. The Hall–Kier alpha value is -1.45. The van der Waals surface area contributed by atoms with Crippen molar-refractivity contribution in [1.29, 1.82) is 0 Å². The molecule has 0 saturated heterocycles. The van der Waals surface area contributed by atoms with Gasteiger partial charge < -0.3 is 4.74 Å². The number of ether oxygens (including phenoxy) is 1. The SMILES string of the molecule is Cc1cc(C)c2c(c1)C=C[C@@H](C(F)(F)F)O2. The van der Waals surface area contributed by atoms with Crippen LogP contribution in [-0.2, 0) is 0 Å². The average Bonchev–Trinajstić information content (AvgIpc) is 2.15. The zero-order valence-electron chi connectivity index (χ0n) is 8.93. The molecule has 0 amide bonds. The summed E-state index contributed by atoms with van der Waals surface area (Å²) in [6, 6.07) is 3.62. The highest BCUT2D eigenvalue weighted by atomic mass is 19.4. The molecule has 1 aliphatic rings. The highest BCUT2D eigenvalue weighted by Crippen LogP contribution is 2.35. The van der Waals surface area contributed by atoms with E-state index in [2.05, 4.69) is 0 Å². The minimum Gasteiger partial charge on any atom is -0.476 e. The fourth-order valence-electron chi connectivity index (χ4n) is 1.81. The second-order valence-electron chi connectivity index (χ2n) is 3.94. The fourth-order valence-corrected chi connectivity index (χ4v) is 1.81. The molecule has 1 aromatic rings. The highest BCUT2D eigenvalue weighted by Gasteiger charge is 2.41. The van der Waals surface area contributed by atoms with Crippen molar-refractivity contribution < 1.29 is 17.9 Å². The topological polar surface area (TPSA) is 9.23 Å². The third-order valence-corrected chi connectivity index (χ3v) is 2.47. The van der Waals surface area contributed by atoms with Gasteiger partial charge in [-0.1, -0.05) is 17.7 Å². The summed E-state index contributed by atoms with van der Waals surface area (Å²) in [6.07, 6.45) is -3.68. The van der Waals surface area contributed by atoms with Gasteiger partial charge in [0.15, 0.2) is 0 Å². The Labute approximate surface area is 91.5 Å². The number of hydrogen-bond donors (Lipinski definition) is 0. The molecule has 1 aromatic carbocycles. The van der Waals surface area contributed by atoms with Crippen LogP contribution in [0.15, 0.2) is 18.2 Å². The molecule has 16 heavy (non-hydrogen) atoms. The van der Waals surface area contributed by atoms with E-state index >= 15 is 0 Å². The number of alkyl halides is 3. The summed E-state index contributed by atoms with van der Waals surface area (Å²) in [5.74, 6) is 0.329. The van der Waals surface area contributed by atoms with Crippen molar-refractivity contribution in [1.82, 2.24) is 0 Å². The molecule has 4 heteroatoms. The molecule has 0 fully saturated rings. The standard InChI is InChI=1S/C12H11F3O/c1-7-5-8(2)11-9(6-7)3-4-10(16-11)12(13,14)15/h3-6,10H,1-2H3/t10-/m0/s1. The van der Waals surface area contributed by atoms with Crippen LogP contribution in [0.1, 0.15) is 16.7 Å². The molecular formula is C12H11F3O. The van der Waals surface area contributed by atoms with E-state index in [4.69, 9.17) is 4.74 Å². The van der Waals surface area contributed by atoms with E-state index in [0.29, 0.717) is 11.3 Å². The second-order valence-corrected chi connectivity index (χ2v) is 3.94. The largest absolute Gasteiger partial charge is 0.476 e. The third-order valence-electron chi connectivity index (χ3n) is 2.47. The van der Waals surface area contributed by atoms with Gasteiger partial charge in [-0.25, -0.2) is 0 Å². The lowest BCUT2D eigenvalue weighted by Crippen LogP contribution is -2.34. The predicted octanol–water partition coefficient (Wildman–Crippen LogP) is 3.64. The lowest BCUT2D eigenvalue weighted by molar-refractivity contribution is -0.180. The molecule has 0 bridgehead atoms. The van der Waals surface area contributed by atoms with Crippen molar-refractivity contribution in [2.24, 2.45) is 0 Å². The van der Waals surface area contributed by atoms with Crippen LogP contribution in [0.5, 0.6) is 5.75 Å². The van der Waals surface area contributed by atoms with Gasteiger partial charge in [0.25, 0.3) is 0 Å². The summed E-state index contributed by atoms with van der Waals surface area (Å²) in [5.41, 5.74) is 2.45. The maximum absolute atomic E-state index is 12.5. The van der Waals surface area contributed by atoms with E-state index in [0.717, 1.165) is 17.2 Å². The van der Waals surface area contributed by atoms with Gasteiger partial charge in [-0.05, 0) is 31.6 Å². The molecule has 86 valence electrons. The van der Waals surface area contributed by atoms with Crippen molar-refractivity contribution in [2.75, 3.05) is 0 Å². The van der Waals surface area contributed by atoms with Crippen molar-refractivity contribution in [2.45, 2.75) is 26.1 Å². The predicted molar refractivity (Wildman–Crippen MR) is 55.4 cm³/mol. The van der Waals surface area contributed by atoms with Gasteiger partial charge in [-0.2, -0.15) is 13.2 Å². The van der Waals surface area contributed by atoms with Crippen LogP contribution >= 0.6 is 0 Å². The summed E-state index contributed by atoms with van der Waals surface area (Å²) in [5, 5.41) is 0. The van der Waals surface area contributed by atoms with Gasteiger partial charge in [0.05, 0.1) is 0 Å². The molecule has 2 rings (SSSR count). The first-order valence-electron chi connectivity index (χ1n) is 4.91. The molecule has 0 aliphatic carbocycles. The summed E-state index contributed by atoms with van der Waals surface area (Å²) >= 11 is 0. The van der Waals surface area contributed by atoms with E-state index < -0.39 is 12.3 Å². The Balaban J connectivity index is 2.42. The van der Waals surface area contributed by atoms with Crippen LogP contribution in [0.4, 0.5) is 13.2 Å². The van der Waals surface area contributed by atoms with E-state index in [-0.39, 0.29) is 0 Å². The van der Waals surface area contributed by atoms with E-state index in [1.807, 2.05) is 19.1 Å². The van der Waals surface area contributed by atoms with Gasteiger partial charge in [-0.3, -0.25) is 0 Å². The van der Waals surface area contributed by atoms with Crippen molar-refractivity contribution in [3.05, 3.63) is 34.9 Å². The number of rotatable bonds is 0. The van der Waals surface area contributed by atoms with Crippen molar-refractivity contribution in [3.8, 4) is 5.75 Å². The van der Waals surface area contributed by atoms with Crippen LogP contribution in [0.2, 0.25) is 0 Å². The number of benzene rings is 1. The maximum Gasteiger partial charge on any atom is 0.429 e.